The maximum Gasteiger partial charge on any atom is 0.221 e. The van der Waals surface area contributed by atoms with Gasteiger partial charge in [-0.1, -0.05) is 97.9 Å². The average Bonchev–Trinajstić information content (AvgIpc) is 2.95. The summed E-state index contributed by atoms with van der Waals surface area (Å²) in [6.07, 6.45) is 0.470. The molecule has 1 unspecified atom stereocenters. The summed E-state index contributed by atoms with van der Waals surface area (Å²) in [6.45, 7) is 2.48. The highest BCUT2D eigenvalue weighted by molar-refractivity contribution is 5.90. The molecule has 0 radical (unpaired) electrons. The summed E-state index contributed by atoms with van der Waals surface area (Å²) >= 11 is 0. The van der Waals surface area contributed by atoms with Crippen LogP contribution in [0.1, 0.15) is 36.0 Å². The van der Waals surface area contributed by atoms with Crippen LogP contribution in [0.5, 0.6) is 11.5 Å². The van der Waals surface area contributed by atoms with Gasteiger partial charge in [-0.2, -0.15) is 0 Å². The molecule has 0 fully saturated rings. The number of carbonyl (C=O) groups excluding carboxylic acids is 2. The maximum absolute atomic E-state index is 13.3. The van der Waals surface area contributed by atoms with E-state index in [0.29, 0.717) is 12.4 Å². The van der Waals surface area contributed by atoms with E-state index < -0.39 is 6.04 Å². The number of hydrogen-bond acceptors (Lipinski definition) is 4. The zero-order valence-electron chi connectivity index (χ0n) is 21.6. The second-order valence-corrected chi connectivity index (χ2v) is 9.34. The smallest absolute Gasteiger partial charge is 0.221 e. The Balaban J connectivity index is 1.37. The molecule has 2 atom stereocenters. The van der Waals surface area contributed by atoms with Crippen molar-refractivity contribution in [2.75, 3.05) is 6.61 Å². The van der Waals surface area contributed by atoms with Gasteiger partial charge in [-0.05, 0) is 46.9 Å². The Kier molecular flexibility index (Phi) is 9.82. The Bertz CT molecular complexity index is 1280. The molecule has 4 aromatic rings. The monoisotopic (exact) mass is 507 g/mol. The maximum atomic E-state index is 13.3. The number of ether oxygens (including phenoxy) is 2. The number of Topliss-reactive ketones (excluding diaryl/α,β-unsaturated/α-hetero) is 1. The lowest BCUT2D eigenvalue weighted by Gasteiger charge is -2.20. The predicted molar refractivity (Wildman–Crippen MR) is 149 cm³/mol. The van der Waals surface area contributed by atoms with Crippen LogP contribution in [-0.2, 0) is 27.4 Å². The SMILES string of the molecule is C[C@H](CC(=O)NC(COCc1ccccc1)C(=O)Cc1ccc(Oc2ccccc2)cc1)c1ccccc1. The fourth-order valence-corrected chi connectivity index (χ4v) is 4.14. The lowest BCUT2D eigenvalue weighted by atomic mass is 9.97. The van der Waals surface area contributed by atoms with E-state index in [1.54, 1.807) is 0 Å². The van der Waals surface area contributed by atoms with Gasteiger partial charge in [-0.25, -0.2) is 0 Å². The summed E-state index contributed by atoms with van der Waals surface area (Å²) in [7, 11) is 0. The highest BCUT2D eigenvalue weighted by Gasteiger charge is 2.23. The largest absolute Gasteiger partial charge is 0.457 e. The van der Waals surface area contributed by atoms with Crippen LogP contribution >= 0.6 is 0 Å². The normalized spacial score (nSPS) is 12.3. The minimum absolute atomic E-state index is 0.0364. The van der Waals surface area contributed by atoms with Gasteiger partial charge >= 0.3 is 0 Å². The Hall–Kier alpha value is -4.22. The topological polar surface area (TPSA) is 64.6 Å². The number of hydrogen-bond donors (Lipinski definition) is 1. The summed E-state index contributed by atoms with van der Waals surface area (Å²) in [5.74, 6) is 1.21. The third-order valence-corrected chi connectivity index (χ3v) is 6.26. The summed E-state index contributed by atoms with van der Waals surface area (Å²) < 4.78 is 11.7. The molecule has 5 heteroatoms. The van der Waals surface area contributed by atoms with Crippen LogP contribution in [0.4, 0.5) is 0 Å². The second-order valence-electron chi connectivity index (χ2n) is 9.34. The number of benzene rings is 4. The molecule has 0 aliphatic heterocycles. The van der Waals surface area contributed by atoms with Gasteiger partial charge in [0.2, 0.25) is 5.91 Å². The molecular formula is C33H33NO4. The van der Waals surface area contributed by atoms with E-state index in [0.717, 1.165) is 22.4 Å². The molecule has 5 nitrogen and oxygen atoms in total. The molecule has 0 aromatic heterocycles. The molecule has 38 heavy (non-hydrogen) atoms. The van der Waals surface area contributed by atoms with Gasteiger partial charge in [0, 0.05) is 12.8 Å². The van der Waals surface area contributed by atoms with E-state index in [1.807, 2.05) is 122 Å². The minimum Gasteiger partial charge on any atom is -0.457 e. The van der Waals surface area contributed by atoms with E-state index in [2.05, 4.69) is 5.32 Å². The van der Waals surface area contributed by atoms with Crippen molar-refractivity contribution in [3.05, 3.63) is 132 Å². The highest BCUT2D eigenvalue weighted by atomic mass is 16.5. The van der Waals surface area contributed by atoms with Gasteiger partial charge < -0.3 is 14.8 Å². The number of amides is 1. The quantitative estimate of drug-likeness (QED) is 0.225. The molecular weight excluding hydrogens is 474 g/mol. The van der Waals surface area contributed by atoms with Gasteiger partial charge in [0.15, 0.2) is 5.78 Å². The zero-order chi connectivity index (χ0) is 26.6. The van der Waals surface area contributed by atoms with E-state index in [9.17, 15) is 9.59 Å². The van der Waals surface area contributed by atoms with Gasteiger partial charge in [0.05, 0.1) is 13.2 Å². The van der Waals surface area contributed by atoms with Gasteiger partial charge in [-0.15, -0.1) is 0 Å². The summed E-state index contributed by atoms with van der Waals surface area (Å²) in [4.78, 5) is 26.2. The third kappa shape index (κ3) is 8.43. The third-order valence-electron chi connectivity index (χ3n) is 6.26. The van der Waals surface area contributed by atoms with E-state index in [4.69, 9.17) is 9.47 Å². The lowest BCUT2D eigenvalue weighted by molar-refractivity contribution is -0.129. The fraction of sp³-hybridized carbons (Fsp3) is 0.212. The molecule has 194 valence electrons. The van der Waals surface area contributed by atoms with Gasteiger partial charge in [0.25, 0.3) is 0 Å². The van der Waals surface area contributed by atoms with Crippen molar-refractivity contribution in [2.24, 2.45) is 0 Å². The predicted octanol–water partition coefficient (Wildman–Crippen LogP) is 6.49. The molecule has 0 aliphatic carbocycles. The van der Waals surface area contributed by atoms with Crippen LogP contribution in [0.25, 0.3) is 0 Å². The number of carbonyl (C=O) groups is 2. The average molecular weight is 508 g/mol. The van der Waals surface area contributed by atoms with Crippen LogP contribution < -0.4 is 10.1 Å². The summed E-state index contributed by atoms with van der Waals surface area (Å²) in [5, 5.41) is 2.93. The summed E-state index contributed by atoms with van der Waals surface area (Å²) in [5.41, 5.74) is 2.94. The van der Waals surface area contributed by atoms with Crippen molar-refractivity contribution in [2.45, 2.75) is 38.3 Å². The van der Waals surface area contributed by atoms with Crippen molar-refractivity contribution in [3.8, 4) is 11.5 Å². The molecule has 4 aromatic carbocycles. The fourth-order valence-electron chi connectivity index (χ4n) is 4.14. The van der Waals surface area contributed by atoms with Crippen LogP contribution in [-0.4, -0.2) is 24.3 Å². The standard InChI is InChI=1S/C33H33NO4/c1-25(28-13-7-3-8-14-28)21-33(36)34-31(24-37-23-27-11-5-2-6-12-27)32(35)22-26-17-19-30(20-18-26)38-29-15-9-4-10-16-29/h2-20,25,31H,21-24H2,1H3,(H,34,36)/t25-,31?/m1/s1. The van der Waals surface area contributed by atoms with E-state index in [1.165, 1.54) is 0 Å². The first kappa shape index (κ1) is 26.8. The lowest BCUT2D eigenvalue weighted by Crippen LogP contribution is -2.45. The number of nitrogens with one attached hydrogen (secondary N) is 1. The Morgan fingerprint density at radius 2 is 1.29 bits per heavy atom. The molecule has 0 heterocycles. The Labute approximate surface area is 224 Å². The second kappa shape index (κ2) is 13.9. The Morgan fingerprint density at radius 3 is 1.95 bits per heavy atom. The van der Waals surface area contributed by atoms with Crippen LogP contribution in [0.2, 0.25) is 0 Å². The van der Waals surface area contributed by atoms with Crippen molar-refractivity contribution >= 4 is 11.7 Å². The summed E-state index contributed by atoms with van der Waals surface area (Å²) in [6, 6.07) is 35.9. The highest BCUT2D eigenvalue weighted by Crippen LogP contribution is 2.22. The first-order valence-corrected chi connectivity index (χ1v) is 12.9. The molecule has 0 saturated heterocycles. The zero-order valence-corrected chi connectivity index (χ0v) is 21.6. The van der Waals surface area contributed by atoms with Crippen LogP contribution in [0.3, 0.4) is 0 Å². The van der Waals surface area contributed by atoms with Crippen molar-refractivity contribution in [1.82, 2.24) is 5.32 Å². The van der Waals surface area contributed by atoms with Crippen molar-refractivity contribution < 1.29 is 19.1 Å². The molecule has 1 N–H and O–H groups in total. The molecule has 0 aliphatic rings. The van der Waals surface area contributed by atoms with Gasteiger partial charge in [0.1, 0.15) is 17.5 Å². The number of ketones is 1. The van der Waals surface area contributed by atoms with Crippen LogP contribution in [0, 0.1) is 0 Å². The first-order valence-electron chi connectivity index (χ1n) is 12.9. The first-order chi connectivity index (χ1) is 18.6. The number of para-hydroxylation sites is 1. The van der Waals surface area contributed by atoms with E-state index in [-0.39, 0.29) is 37.1 Å². The molecule has 0 saturated carbocycles. The minimum atomic E-state index is -0.741. The molecule has 4 rings (SSSR count). The number of rotatable bonds is 13. The molecule has 1 amide bonds. The van der Waals surface area contributed by atoms with Crippen molar-refractivity contribution in [3.63, 3.8) is 0 Å². The molecule has 0 spiro atoms. The van der Waals surface area contributed by atoms with E-state index >= 15 is 0 Å². The Morgan fingerprint density at radius 1 is 0.711 bits per heavy atom. The molecule has 0 bridgehead atoms. The van der Waals surface area contributed by atoms with Gasteiger partial charge in [-0.3, -0.25) is 9.59 Å². The van der Waals surface area contributed by atoms with Crippen molar-refractivity contribution in [1.29, 1.82) is 0 Å². The van der Waals surface area contributed by atoms with Crippen LogP contribution in [0.15, 0.2) is 115 Å².